The van der Waals surface area contributed by atoms with Gasteiger partial charge in [0.05, 0.1) is 33.7 Å². The van der Waals surface area contributed by atoms with Crippen molar-refractivity contribution in [2.75, 3.05) is 5.75 Å². The Morgan fingerprint density at radius 1 is 0.862 bits per heavy atom. The van der Waals surface area contributed by atoms with E-state index in [-0.39, 0.29) is 18.1 Å². The van der Waals surface area contributed by atoms with Gasteiger partial charge in [-0.25, -0.2) is 9.97 Å². The van der Waals surface area contributed by atoms with Crippen molar-refractivity contribution in [1.29, 1.82) is 0 Å². The van der Waals surface area contributed by atoms with E-state index in [4.69, 9.17) is 9.97 Å². The molecule has 0 fully saturated rings. The van der Waals surface area contributed by atoms with Gasteiger partial charge in [0, 0.05) is 13.1 Å². The van der Waals surface area contributed by atoms with Gasteiger partial charge < -0.3 is 9.13 Å². The predicted molar refractivity (Wildman–Crippen MR) is 114 cm³/mol. The number of aryl methyl sites for hydroxylation is 2. The van der Waals surface area contributed by atoms with Crippen LogP contribution in [0, 0.1) is 0 Å². The predicted octanol–water partition coefficient (Wildman–Crippen LogP) is 3.84. The highest BCUT2D eigenvalue weighted by atomic mass is 32.2. The van der Waals surface area contributed by atoms with Gasteiger partial charge in [0.15, 0.2) is 0 Å². The third kappa shape index (κ3) is 3.65. The topological polar surface area (TPSA) is 90.0 Å². The van der Waals surface area contributed by atoms with Crippen LogP contribution in [0.3, 0.4) is 0 Å². The average Bonchev–Trinajstić information content (AvgIpc) is 3.25. The van der Waals surface area contributed by atoms with Crippen LogP contribution in [0.2, 0.25) is 0 Å². The molecule has 0 saturated heterocycles. The Labute approximate surface area is 169 Å². The summed E-state index contributed by atoms with van der Waals surface area (Å²) in [6, 6.07) is 15.7. The van der Waals surface area contributed by atoms with Crippen LogP contribution in [0.15, 0.2) is 48.5 Å². The van der Waals surface area contributed by atoms with E-state index < -0.39 is 10.1 Å². The fourth-order valence-corrected chi connectivity index (χ4v) is 4.56. The van der Waals surface area contributed by atoms with Gasteiger partial charge in [-0.05, 0) is 44.5 Å². The number of fused-ring (bicyclic) bond motifs is 2. The van der Waals surface area contributed by atoms with Crippen LogP contribution >= 0.6 is 0 Å². The molecule has 0 amide bonds. The normalized spacial score (nSPS) is 12.4. The highest BCUT2D eigenvalue weighted by molar-refractivity contribution is 7.85. The van der Waals surface area contributed by atoms with Gasteiger partial charge in [-0.2, -0.15) is 8.42 Å². The summed E-state index contributed by atoms with van der Waals surface area (Å²) in [6.45, 7) is 5.48. The molecule has 0 aliphatic rings. The van der Waals surface area contributed by atoms with Crippen molar-refractivity contribution in [3.63, 3.8) is 0 Å². The molecule has 0 spiro atoms. The number of nitrogens with zero attached hydrogens (tertiary/aromatic N) is 4. The molecule has 2 heterocycles. The van der Waals surface area contributed by atoms with E-state index in [0.29, 0.717) is 13.1 Å². The van der Waals surface area contributed by atoms with E-state index in [9.17, 15) is 13.0 Å². The van der Waals surface area contributed by atoms with Crippen molar-refractivity contribution < 1.29 is 13.0 Å². The first-order valence-corrected chi connectivity index (χ1v) is 11.4. The Bertz CT molecular complexity index is 1190. The molecule has 0 saturated carbocycles. The summed E-state index contributed by atoms with van der Waals surface area (Å²) in [7, 11) is -4.11. The summed E-state index contributed by atoms with van der Waals surface area (Å²) in [4.78, 5) is 9.68. The quantitative estimate of drug-likeness (QED) is 0.466. The van der Waals surface area contributed by atoms with Crippen molar-refractivity contribution in [3.8, 4) is 0 Å². The lowest BCUT2D eigenvalue weighted by Gasteiger charge is -2.18. The van der Waals surface area contributed by atoms with Crippen LogP contribution in [0.1, 0.15) is 37.8 Å². The maximum absolute atomic E-state index is 11.6. The first-order chi connectivity index (χ1) is 13.9. The Morgan fingerprint density at radius 3 is 1.72 bits per heavy atom. The molecule has 1 N–H and O–H groups in total. The number of imidazole rings is 2. The second-order valence-electron chi connectivity index (χ2n) is 7.03. The van der Waals surface area contributed by atoms with Crippen LogP contribution < -0.4 is 0 Å². The van der Waals surface area contributed by atoms with Gasteiger partial charge in [-0.3, -0.25) is 4.55 Å². The fraction of sp³-hybridized carbons (Fsp3) is 0.333. The summed E-state index contributed by atoms with van der Waals surface area (Å²) in [5.41, 5.74) is 3.72. The number of para-hydroxylation sites is 4. The lowest BCUT2D eigenvalue weighted by atomic mass is 10.0. The molecule has 7 nitrogen and oxygen atoms in total. The molecule has 152 valence electrons. The Balaban J connectivity index is 1.94. The van der Waals surface area contributed by atoms with Gasteiger partial charge >= 0.3 is 0 Å². The molecule has 29 heavy (non-hydrogen) atoms. The zero-order chi connectivity index (χ0) is 20.6. The minimum absolute atomic E-state index is 0.200. The maximum atomic E-state index is 11.6. The molecule has 2 aromatic carbocycles. The van der Waals surface area contributed by atoms with Crippen molar-refractivity contribution in [2.24, 2.45) is 0 Å². The largest absolute Gasteiger partial charge is 0.328 e. The monoisotopic (exact) mass is 412 g/mol. The Kier molecular flexibility index (Phi) is 5.14. The van der Waals surface area contributed by atoms with E-state index >= 15 is 0 Å². The fourth-order valence-electron chi connectivity index (χ4n) is 4.03. The lowest BCUT2D eigenvalue weighted by Crippen LogP contribution is -2.18. The summed E-state index contributed by atoms with van der Waals surface area (Å²) in [5.74, 6) is 0.818. The van der Waals surface area contributed by atoms with Gasteiger partial charge in [0.2, 0.25) is 0 Å². The molecule has 0 aliphatic carbocycles. The molecule has 4 rings (SSSR count). The Morgan fingerprint density at radius 2 is 1.31 bits per heavy atom. The lowest BCUT2D eigenvalue weighted by molar-refractivity contribution is 0.476. The average molecular weight is 413 g/mol. The first-order valence-electron chi connectivity index (χ1n) is 9.78. The summed E-state index contributed by atoms with van der Waals surface area (Å²) >= 11 is 0. The van der Waals surface area contributed by atoms with Crippen LogP contribution in [-0.4, -0.2) is 37.8 Å². The van der Waals surface area contributed by atoms with Gasteiger partial charge in [0.1, 0.15) is 11.6 Å². The van der Waals surface area contributed by atoms with Crippen molar-refractivity contribution >= 4 is 32.2 Å². The molecule has 0 aliphatic heterocycles. The minimum Gasteiger partial charge on any atom is -0.328 e. The molecule has 0 unspecified atom stereocenters. The van der Waals surface area contributed by atoms with Crippen LogP contribution in [0.5, 0.6) is 0 Å². The Hall–Kier alpha value is -2.71. The van der Waals surface area contributed by atoms with E-state index in [1.165, 1.54) is 0 Å². The molecule has 0 bridgehead atoms. The van der Waals surface area contributed by atoms with E-state index in [1.54, 1.807) is 0 Å². The third-order valence-electron chi connectivity index (χ3n) is 5.29. The van der Waals surface area contributed by atoms with Gasteiger partial charge in [-0.1, -0.05) is 24.3 Å². The van der Waals surface area contributed by atoms with Crippen LogP contribution in [-0.2, 0) is 23.2 Å². The summed E-state index contributed by atoms with van der Waals surface area (Å²) in [6.07, 6.45) is 0.200. The van der Waals surface area contributed by atoms with Crippen molar-refractivity contribution in [3.05, 3.63) is 60.2 Å². The molecule has 4 aromatic rings. The molecular formula is C21H24N4O3S. The molecule has 0 radical (unpaired) electrons. The summed E-state index contributed by atoms with van der Waals surface area (Å²) < 4.78 is 36.7. The second-order valence-corrected chi connectivity index (χ2v) is 8.61. The SMILES string of the molecule is CCn1c(C(CCS(=O)(=O)O)c2nc3ccccc3n2CC)nc2ccccc21. The molecule has 8 heteroatoms. The third-order valence-corrected chi connectivity index (χ3v) is 6.04. The summed E-state index contributed by atoms with van der Waals surface area (Å²) in [5, 5.41) is 0. The number of hydrogen-bond acceptors (Lipinski definition) is 4. The number of rotatable bonds is 7. The van der Waals surface area contributed by atoms with Crippen LogP contribution in [0.25, 0.3) is 22.1 Å². The first kappa shape index (κ1) is 19.6. The van der Waals surface area contributed by atoms with E-state index in [0.717, 1.165) is 33.7 Å². The zero-order valence-corrected chi connectivity index (χ0v) is 17.3. The molecule has 0 atom stereocenters. The van der Waals surface area contributed by atoms with Gasteiger partial charge in [0.25, 0.3) is 10.1 Å². The maximum Gasteiger partial charge on any atom is 0.264 e. The van der Waals surface area contributed by atoms with Crippen LogP contribution in [0.4, 0.5) is 0 Å². The highest BCUT2D eigenvalue weighted by Gasteiger charge is 2.28. The smallest absolute Gasteiger partial charge is 0.264 e. The minimum atomic E-state index is -4.11. The zero-order valence-electron chi connectivity index (χ0n) is 16.5. The number of benzene rings is 2. The highest BCUT2D eigenvalue weighted by Crippen LogP contribution is 2.32. The van der Waals surface area contributed by atoms with Gasteiger partial charge in [-0.15, -0.1) is 0 Å². The van der Waals surface area contributed by atoms with Crippen molar-refractivity contribution in [2.45, 2.75) is 39.3 Å². The van der Waals surface area contributed by atoms with E-state index in [1.807, 2.05) is 62.4 Å². The molecular weight excluding hydrogens is 388 g/mol. The van der Waals surface area contributed by atoms with Crippen molar-refractivity contribution in [1.82, 2.24) is 19.1 Å². The standard InChI is InChI=1S/C21H24N4O3S/c1-3-24-18-11-7-5-9-16(18)22-20(24)15(13-14-29(26,27)28)21-23-17-10-6-8-12-19(17)25(21)4-2/h5-12,15H,3-4,13-14H2,1-2H3,(H,26,27,28). The number of hydrogen-bond donors (Lipinski definition) is 1. The molecule has 2 aromatic heterocycles. The number of aromatic nitrogens is 4. The second kappa shape index (κ2) is 7.61. The van der Waals surface area contributed by atoms with E-state index in [2.05, 4.69) is 9.13 Å².